The van der Waals surface area contributed by atoms with Crippen molar-refractivity contribution in [3.8, 4) is 5.69 Å². The lowest BCUT2D eigenvalue weighted by atomic mass is 10.1. The molecule has 0 atom stereocenters. The standard InChI is InChI=1S/C21H19ClN2O2/c1-13-5-4-6-17(11-13)23-21(26)20(25)19-12-14(2)24(15(19)3)18-9-7-16(22)8-10-18/h4-12H,1-3H3,(H,23,26). The van der Waals surface area contributed by atoms with E-state index in [0.29, 0.717) is 22.0 Å². The third-order valence-electron chi connectivity index (χ3n) is 4.24. The molecule has 0 saturated carbocycles. The van der Waals surface area contributed by atoms with Gasteiger partial charge in [-0.25, -0.2) is 0 Å². The first kappa shape index (κ1) is 18.0. The summed E-state index contributed by atoms with van der Waals surface area (Å²) in [6.07, 6.45) is 0. The van der Waals surface area contributed by atoms with Gasteiger partial charge < -0.3 is 9.88 Å². The highest BCUT2D eigenvalue weighted by molar-refractivity contribution is 6.46. The van der Waals surface area contributed by atoms with E-state index in [1.54, 1.807) is 24.3 Å². The summed E-state index contributed by atoms with van der Waals surface area (Å²) in [5.41, 5.74) is 4.49. The number of halogens is 1. The molecule has 2 aromatic carbocycles. The Kier molecular flexibility index (Phi) is 4.96. The van der Waals surface area contributed by atoms with Crippen molar-refractivity contribution in [2.45, 2.75) is 20.8 Å². The lowest BCUT2D eigenvalue weighted by molar-refractivity contribution is -0.112. The molecule has 3 aromatic rings. The lowest BCUT2D eigenvalue weighted by Gasteiger charge is -2.10. The van der Waals surface area contributed by atoms with Crippen molar-refractivity contribution in [3.05, 3.63) is 82.1 Å². The number of aromatic nitrogens is 1. The number of Topliss-reactive ketones (excluding diaryl/α,β-unsaturated/α-hetero) is 1. The summed E-state index contributed by atoms with van der Waals surface area (Å²) in [6, 6.07) is 16.4. The Bertz CT molecular complexity index is 988. The van der Waals surface area contributed by atoms with E-state index in [1.165, 1.54) is 0 Å². The van der Waals surface area contributed by atoms with E-state index >= 15 is 0 Å². The molecular weight excluding hydrogens is 348 g/mol. The van der Waals surface area contributed by atoms with Crippen LogP contribution in [0.15, 0.2) is 54.6 Å². The van der Waals surface area contributed by atoms with E-state index in [2.05, 4.69) is 5.32 Å². The van der Waals surface area contributed by atoms with E-state index in [1.807, 2.05) is 55.7 Å². The Labute approximate surface area is 157 Å². The van der Waals surface area contributed by atoms with Gasteiger partial charge in [0.25, 0.3) is 11.7 Å². The molecule has 0 unspecified atom stereocenters. The fourth-order valence-corrected chi connectivity index (χ4v) is 3.14. The number of nitrogens with one attached hydrogen (secondary N) is 1. The van der Waals surface area contributed by atoms with Crippen LogP contribution in [-0.2, 0) is 4.79 Å². The van der Waals surface area contributed by atoms with Crippen LogP contribution < -0.4 is 5.32 Å². The third-order valence-corrected chi connectivity index (χ3v) is 4.49. The fraction of sp³-hybridized carbons (Fsp3) is 0.143. The van der Waals surface area contributed by atoms with E-state index in [-0.39, 0.29) is 0 Å². The Morgan fingerprint density at radius 2 is 1.65 bits per heavy atom. The number of carbonyl (C=O) groups excluding carboxylic acids is 2. The number of ketones is 1. The maximum Gasteiger partial charge on any atom is 0.296 e. The van der Waals surface area contributed by atoms with Crippen molar-refractivity contribution < 1.29 is 9.59 Å². The average Bonchev–Trinajstić information content (AvgIpc) is 2.89. The first-order chi connectivity index (χ1) is 12.4. The van der Waals surface area contributed by atoms with Crippen LogP contribution in [0, 0.1) is 20.8 Å². The Morgan fingerprint density at radius 3 is 2.31 bits per heavy atom. The number of carbonyl (C=O) groups is 2. The van der Waals surface area contributed by atoms with E-state index in [9.17, 15) is 9.59 Å². The minimum Gasteiger partial charge on any atom is -0.319 e. The summed E-state index contributed by atoms with van der Waals surface area (Å²) < 4.78 is 1.93. The number of benzene rings is 2. The Morgan fingerprint density at radius 1 is 0.962 bits per heavy atom. The largest absolute Gasteiger partial charge is 0.319 e. The van der Waals surface area contributed by atoms with E-state index < -0.39 is 11.7 Å². The lowest BCUT2D eigenvalue weighted by Crippen LogP contribution is -2.23. The quantitative estimate of drug-likeness (QED) is 0.528. The molecule has 5 heteroatoms. The summed E-state index contributed by atoms with van der Waals surface area (Å²) in [7, 11) is 0. The fourth-order valence-electron chi connectivity index (χ4n) is 3.01. The van der Waals surface area contributed by atoms with Crippen molar-refractivity contribution in [2.75, 3.05) is 5.32 Å². The van der Waals surface area contributed by atoms with Crippen LogP contribution in [0.2, 0.25) is 5.02 Å². The van der Waals surface area contributed by atoms with Gasteiger partial charge in [0.05, 0.1) is 0 Å². The second-order valence-corrected chi connectivity index (χ2v) is 6.69. The van der Waals surface area contributed by atoms with Crippen molar-refractivity contribution >= 4 is 29.0 Å². The zero-order valence-electron chi connectivity index (χ0n) is 14.8. The molecule has 0 radical (unpaired) electrons. The number of rotatable bonds is 4. The maximum atomic E-state index is 12.7. The summed E-state index contributed by atoms with van der Waals surface area (Å²) in [5.74, 6) is -1.20. The van der Waals surface area contributed by atoms with Gasteiger partial charge >= 0.3 is 0 Å². The molecule has 0 aliphatic rings. The zero-order chi connectivity index (χ0) is 18.8. The monoisotopic (exact) mass is 366 g/mol. The molecule has 1 heterocycles. The number of amides is 1. The molecule has 0 aliphatic carbocycles. The summed E-state index contributed by atoms with van der Waals surface area (Å²) in [6.45, 7) is 5.66. The number of anilines is 1. The normalized spacial score (nSPS) is 10.6. The van der Waals surface area contributed by atoms with Crippen LogP contribution in [0.3, 0.4) is 0 Å². The second kappa shape index (κ2) is 7.18. The summed E-state index contributed by atoms with van der Waals surface area (Å²) in [5, 5.41) is 3.31. The van der Waals surface area contributed by atoms with Crippen LogP contribution in [0.5, 0.6) is 0 Å². The van der Waals surface area contributed by atoms with Gasteiger partial charge in [-0.05, 0) is 68.8 Å². The Hall–Kier alpha value is -2.85. The van der Waals surface area contributed by atoms with Crippen LogP contribution >= 0.6 is 11.6 Å². The van der Waals surface area contributed by atoms with Crippen LogP contribution in [0.1, 0.15) is 27.3 Å². The molecule has 0 fully saturated rings. The SMILES string of the molecule is Cc1cccc(NC(=O)C(=O)c2cc(C)n(-c3ccc(Cl)cc3)c2C)c1. The van der Waals surface area contributed by atoms with Gasteiger partial charge in [0, 0.05) is 33.3 Å². The zero-order valence-corrected chi connectivity index (χ0v) is 15.6. The molecule has 0 bridgehead atoms. The molecular formula is C21H19ClN2O2. The number of nitrogens with zero attached hydrogens (tertiary/aromatic N) is 1. The summed E-state index contributed by atoms with van der Waals surface area (Å²) in [4.78, 5) is 25.1. The molecule has 0 saturated heterocycles. The third kappa shape index (κ3) is 3.55. The topological polar surface area (TPSA) is 51.1 Å². The smallest absolute Gasteiger partial charge is 0.296 e. The first-order valence-electron chi connectivity index (χ1n) is 8.24. The minimum atomic E-state index is -0.646. The maximum absolute atomic E-state index is 12.7. The predicted octanol–water partition coefficient (Wildman–Crippen LogP) is 4.88. The molecule has 0 spiro atoms. The molecule has 4 nitrogen and oxygen atoms in total. The van der Waals surface area contributed by atoms with Gasteiger partial charge in [0.15, 0.2) is 0 Å². The van der Waals surface area contributed by atoms with Crippen LogP contribution in [-0.4, -0.2) is 16.3 Å². The highest BCUT2D eigenvalue weighted by Crippen LogP contribution is 2.23. The minimum absolute atomic E-state index is 0.391. The molecule has 1 aromatic heterocycles. The Balaban J connectivity index is 1.89. The highest BCUT2D eigenvalue weighted by atomic mass is 35.5. The molecule has 0 aliphatic heterocycles. The van der Waals surface area contributed by atoms with Crippen molar-refractivity contribution in [2.24, 2.45) is 0 Å². The molecule has 1 N–H and O–H groups in total. The number of hydrogen-bond donors (Lipinski definition) is 1. The van der Waals surface area contributed by atoms with Gasteiger partial charge in [0.2, 0.25) is 0 Å². The second-order valence-electron chi connectivity index (χ2n) is 6.25. The van der Waals surface area contributed by atoms with Crippen molar-refractivity contribution in [1.82, 2.24) is 4.57 Å². The molecule has 3 rings (SSSR count). The van der Waals surface area contributed by atoms with E-state index in [4.69, 9.17) is 11.6 Å². The number of hydrogen-bond acceptors (Lipinski definition) is 2. The average molecular weight is 367 g/mol. The molecule has 26 heavy (non-hydrogen) atoms. The van der Waals surface area contributed by atoms with Gasteiger partial charge in [0.1, 0.15) is 0 Å². The summed E-state index contributed by atoms with van der Waals surface area (Å²) >= 11 is 5.95. The van der Waals surface area contributed by atoms with Crippen LogP contribution in [0.25, 0.3) is 5.69 Å². The highest BCUT2D eigenvalue weighted by Gasteiger charge is 2.22. The van der Waals surface area contributed by atoms with Gasteiger partial charge in [-0.15, -0.1) is 0 Å². The van der Waals surface area contributed by atoms with Crippen molar-refractivity contribution in [1.29, 1.82) is 0 Å². The predicted molar refractivity (Wildman–Crippen MR) is 104 cm³/mol. The van der Waals surface area contributed by atoms with Gasteiger partial charge in [-0.1, -0.05) is 23.7 Å². The van der Waals surface area contributed by atoms with E-state index in [0.717, 1.165) is 16.9 Å². The van der Waals surface area contributed by atoms with Crippen LogP contribution in [0.4, 0.5) is 5.69 Å². The molecule has 132 valence electrons. The molecule has 1 amide bonds. The number of aryl methyl sites for hydroxylation is 2. The van der Waals surface area contributed by atoms with Gasteiger partial charge in [-0.2, -0.15) is 0 Å². The first-order valence-corrected chi connectivity index (χ1v) is 8.62. The van der Waals surface area contributed by atoms with Crippen molar-refractivity contribution in [3.63, 3.8) is 0 Å². The van der Waals surface area contributed by atoms with Gasteiger partial charge in [-0.3, -0.25) is 9.59 Å².